The summed E-state index contributed by atoms with van der Waals surface area (Å²) in [5, 5.41) is 10.7. The van der Waals surface area contributed by atoms with Gasteiger partial charge in [-0.25, -0.2) is 0 Å². The SMILES string of the molecule is Cc1n[nH]c(C)c1CNCC(C)(C)N(C)C. The molecule has 0 spiro atoms. The minimum absolute atomic E-state index is 0.172. The van der Waals surface area contributed by atoms with Crippen LogP contribution in [0.5, 0.6) is 0 Å². The zero-order chi connectivity index (χ0) is 12.3. The van der Waals surface area contributed by atoms with Gasteiger partial charge in [-0.15, -0.1) is 0 Å². The fourth-order valence-electron chi connectivity index (χ4n) is 1.49. The van der Waals surface area contributed by atoms with Gasteiger partial charge in [0.2, 0.25) is 0 Å². The Morgan fingerprint density at radius 3 is 2.38 bits per heavy atom. The fourth-order valence-corrected chi connectivity index (χ4v) is 1.49. The Morgan fingerprint density at radius 2 is 1.94 bits per heavy atom. The second kappa shape index (κ2) is 4.97. The number of likely N-dealkylation sites (N-methyl/N-ethyl adjacent to an activating group) is 1. The van der Waals surface area contributed by atoms with E-state index in [1.165, 1.54) is 5.56 Å². The van der Waals surface area contributed by atoms with Gasteiger partial charge in [-0.05, 0) is 41.8 Å². The van der Waals surface area contributed by atoms with Crippen molar-refractivity contribution in [2.75, 3.05) is 20.6 Å². The van der Waals surface area contributed by atoms with Crippen LogP contribution in [0.4, 0.5) is 0 Å². The minimum atomic E-state index is 0.172. The molecule has 0 aliphatic rings. The molecule has 0 aliphatic heterocycles. The van der Waals surface area contributed by atoms with Gasteiger partial charge in [0, 0.05) is 29.9 Å². The third kappa shape index (κ3) is 3.06. The lowest BCUT2D eigenvalue weighted by atomic mass is 10.0. The summed E-state index contributed by atoms with van der Waals surface area (Å²) in [5.74, 6) is 0. The van der Waals surface area contributed by atoms with E-state index in [9.17, 15) is 0 Å². The number of aromatic amines is 1. The zero-order valence-corrected chi connectivity index (χ0v) is 11.3. The van der Waals surface area contributed by atoms with Gasteiger partial charge in [0.25, 0.3) is 0 Å². The normalized spacial score (nSPS) is 12.4. The van der Waals surface area contributed by atoms with Gasteiger partial charge in [0.1, 0.15) is 0 Å². The fraction of sp³-hybridized carbons (Fsp3) is 0.750. The molecule has 0 fully saturated rings. The number of aryl methyl sites for hydroxylation is 2. The lowest BCUT2D eigenvalue weighted by Crippen LogP contribution is -2.46. The molecule has 0 aliphatic carbocycles. The van der Waals surface area contributed by atoms with E-state index in [2.05, 4.69) is 55.3 Å². The number of aromatic nitrogens is 2. The molecule has 2 N–H and O–H groups in total. The first-order valence-electron chi connectivity index (χ1n) is 5.73. The molecular weight excluding hydrogens is 200 g/mol. The van der Waals surface area contributed by atoms with Gasteiger partial charge in [-0.2, -0.15) is 5.10 Å². The molecule has 4 heteroatoms. The Labute approximate surface area is 98.4 Å². The Bertz CT molecular complexity index is 319. The van der Waals surface area contributed by atoms with Crippen LogP contribution < -0.4 is 5.32 Å². The molecule has 1 aromatic heterocycles. The third-order valence-electron chi connectivity index (χ3n) is 3.35. The van der Waals surface area contributed by atoms with Gasteiger partial charge in [0.05, 0.1) is 5.69 Å². The summed E-state index contributed by atoms with van der Waals surface area (Å²) in [6.45, 7) is 10.4. The summed E-state index contributed by atoms with van der Waals surface area (Å²) in [5.41, 5.74) is 3.71. The number of nitrogens with zero attached hydrogens (tertiary/aromatic N) is 2. The number of hydrogen-bond donors (Lipinski definition) is 2. The summed E-state index contributed by atoms with van der Waals surface area (Å²) < 4.78 is 0. The van der Waals surface area contributed by atoms with Crippen molar-refractivity contribution in [3.8, 4) is 0 Å². The molecule has 1 aromatic rings. The van der Waals surface area contributed by atoms with Crippen LogP contribution >= 0.6 is 0 Å². The first-order chi connectivity index (χ1) is 7.34. The predicted octanol–water partition coefficient (Wildman–Crippen LogP) is 1.46. The first-order valence-corrected chi connectivity index (χ1v) is 5.73. The summed E-state index contributed by atoms with van der Waals surface area (Å²) >= 11 is 0. The summed E-state index contributed by atoms with van der Waals surface area (Å²) in [4.78, 5) is 2.23. The molecule has 92 valence electrons. The second-order valence-electron chi connectivity index (χ2n) is 5.22. The zero-order valence-electron chi connectivity index (χ0n) is 11.3. The van der Waals surface area contributed by atoms with Crippen molar-refractivity contribution >= 4 is 0 Å². The van der Waals surface area contributed by atoms with Crippen LogP contribution in [0.2, 0.25) is 0 Å². The second-order valence-corrected chi connectivity index (χ2v) is 5.22. The molecule has 0 amide bonds. The summed E-state index contributed by atoms with van der Waals surface area (Å²) in [6.07, 6.45) is 0. The smallest absolute Gasteiger partial charge is 0.0638 e. The number of nitrogens with one attached hydrogen (secondary N) is 2. The van der Waals surface area contributed by atoms with Gasteiger partial charge < -0.3 is 10.2 Å². The largest absolute Gasteiger partial charge is 0.311 e. The molecule has 0 aromatic carbocycles. The average Bonchev–Trinajstić information content (AvgIpc) is 2.48. The monoisotopic (exact) mass is 224 g/mol. The van der Waals surface area contributed by atoms with Gasteiger partial charge in [-0.3, -0.25) is 5.10 Å². The van der Waals surface area contributed by atoms with Crippen molar-refractivity contribution in [3.63, 3.8) is 0 Å². The number of rotatable bonds is 5. The van der Waals surface area contributed by atoms with Gasteiger partial charge >= 0.3 is 0 Å². The molecule has 0 atom stereocenters. The maximum atomic E-state index is 4.19. The van der Waals surface area contributed by atoms with E-state index in [4.69, 9.17) is 0 Å². The van der Waals surface area contributed by atoms with Crippen LogP contribution in [0.25, 0.3) is 0 Å². The molecule has 4 nitrogen and oxygen atoms in total. The Balaban J connectivity index is 2.48. The van der Waals surface area contributed by atoms with Crippen molar-refractivity contribution in [2.24, 2.45) is 0 Å². The molecule has 0 saturated carbocycles. The maximum absolute atomic E-state index is 4.19. The van der Waals surface area contributed by atoms with Gasteiger partial charge in [0.15, 0.2) is 0 Å². The maximum Gasteiger partial charge on any atom is 0.0638 e. The number of H-pyrrole nitrogens is 1. The van der Waals surface area contributed by atoms with E-state index in [0.29, 0.717) is 0 Å². The van der Waals surface area contributed by atoms with E-state index in [1.807, 2.05) is 6.92 Å². The van der Waals surface area contributed by atoms with Crippen molar-refractivity contribution in [1.82, 2.24) is 20.4 Å². The van der Waals surface area contributed by atoms with Crippen LogP contribution in [0.3, 0.4) is 0 Å². The van der Waals surface area contributed by atoms with Crippen LogP contribution in [0.15, 0.2) is 0 Å². The van der Waals surface area contributed by atoms with Crippen molar-refractivity contribution in [3.05, 3.63) is 17.0 Å². The van der Waals surface area contributed by atoms with Crippen LogP contribution in [0.1, 0.15) is 30.8 Å². The first kappa shape index (κ1) is 13.2. The molecule has 0 saturated heterocycles. The highest BCUT2D eigenvalue weighted by atomic mass is 15.2. The Morgan fingerprint density at radius 1 is 1.31 bits per heavy atom. The number of hydrogen-bond acceptors (Lipinski definition) is 3. The standard InChI is InChI=1S/C12H24N4/c1-9-11(10(2)15-14-9)7-13-8-12(3,4)16(5)6/h13H,7-8H2,1-6H3,(H,14,15). The van der Waals surface area contributed by atoms with E-state index < -0.39 is 0 Å². The molecule has 0 bridgehead atoms. The topological polar surface area (TPSA) is 44.0 Å². The van der Waals surface area contributed by atoms with Crippen LogP contribution in [-0.2, 0) is 6.54 Å². The highest BCUT2D eigenvalue weighted by Gasteiger charge is 2.19. The molecule has 0 radical (unpaired) electrons. The minimum Gasteiger partial charge on any atom is -0.311 e. The highest BCUT2D eigenvalue weighted by Crippen LogP contribution is 2.11. The lowest BCUT2D eigenvalue weighted by Gasteiger charge is -2.32. The van der Waals surface area contributed by atoms with Gasteiger partial charge in [-0.1, -0.05) is 0 Å². The summed E-state index contributed by atoms with van der Waals surface area (Å²) in [7, 11) is 4.21. The predicted molar refractivity (Wildman–Crippen MR) is 67.5 cm³/mol. The average molecular weight is 224 g/mol. The van der Waals surface area contributed by atoms with E-state index in [0.717, 1.165) is 24.5 Å². The Hall–Kier alpha value is -0.870. The Kier molecular flexibility index (Phi) is 4.10. The molecule has 0 unspecified atom stereocenters. The highest BCUT2D eigenvalue weighted by molar-refractivity contribution is 5.22. The molecular formula is C12H24N4. The van der Waals surface area contributed by atoms with Crippen LogP contribution in [0, 0.1) is 13.8 Å². The van der Waals surface area contributed by atoms with E-state index >= 15 is 0 Å². The van der Waals surface area contributed by atoms with Crippen LogP contribution in [-0.4, -0.2) is 41.3 Å². The quantitative estimate of drug-likeness (QED) is 0.796. The van der Waals surface area contributed by atoms with E-state index in [-0.39, 0.29) is 5.54 Å². The third-order valence-corrected chi connectivity index (χ3v) is 3.35. The molecule has 16 heavy (non-hydrogen) atoms. The molecule has 1 rings (SSSR count). The van der Waals surface area contributed by atoms with Crippen molar-refractivity contribution < 1.29 is 0 Å². The summed E-state index contributed by atoms with van der Waals surface area (Å²) in [6, 6.07) is 0. The van der Waals surface area contributed by atoms with Crippen molar-refractivity contribution in [1.29, 1.82) is 0 Å². The van der Waals surface area contributed by atoms with E-state index in [1.54, 1.807) is 0 Å². The lowest BCUT2D eigenvalue weighted by molar-refractivity contribution is 0.189. The molecule has 1 heterocycles. The van der Waals surface area contributed by atoms with Crippen molar-refractivity contribution in [2.45, 2.75) is 39.8 Å².